The molecular formula is C15H21Cl2FN4O. The number of hydrogen-bond donors (Lipinski definition) is 3. The molecule has 0 spiro atoms. The summed E-state index contributed by atoms with van der Waals surface area (Å²) >= 11 is 0. The van der Waals surface area contributed by atoms with Crippen molar-refractivity contribution in [2.45, 2.75) is 37.6 Å². The standard InChI is InChI=1S/C15H19FN4O.2ClH/c16-10-3-4-11-12(9-10)20-13(19-11)5-8-18-14(21)15(17)6-1-2-7-15;;/h3-4,9H,1-2,5-8,17H2,(H,18,21)(H,19,20);2*1H. The van der Waals surface area contributed by atoms with Crippen LogP contribution in [-0.2, 0) is 11.2 Å². The Bertz CT molecular complexity index is 671. The third kappa shape index (κ3) is 4.34. The van der Waals surface area contributed by atoms with Crippen LogP contribution in [-0.4, -0.2) is 28.0 Å². The number of aromatic amines is 1. The smallest absolute Gasteiger partial charge is 0.240 e. The molecule has 0 aliphatic heterocycles. The van der Waals surface area contributed by atoms with E-state index in [1.165, 1.54) is 12.1 Å². The van der Waals surface area contributed by atoms with Gasteiger partial charge in [-0.1, -0.05) is 12.8 Å². The molecule has 1 aliphatic carbocycles. The molecule has 5 nitrogen and oxygen atoms in total. The van der Waals surface area contributed by atoms with E-state index < -0.39 is 5.54 Å². The van der Waals surface area contributed by atoms with E-state index in [9.17, 15) is 9.18 Å². The lowest BCUT2D eigenvalue weighted by molar-refractivity contribution is -0.126. The molecule has 1 heterocycles. The number of halogens is 3. The maximum Gasteiger partial charge on any atom is 0.240 e. The second kappa shape index (κ2) is 7.95. The average Bonchev–Trinajstić information content (AvgIpc) is 3.05. The highest BCUT2D eigenvalue weighted by Gasteiger charge is 2.36. The molecule has 0 unspecified atom stereocenters. The predicted octanol–water partition coefficient (Wildman–Crippen LogP) is 2.48. The molecule has 0 radical (unpaired) electrons. The van der Waals surface area contributed by atoms with Crippen LogP contribution in [0.25, 0.3) is 11.0 Å². The molecule has 1 fully saturated rings. The van der Waals surface area contributed by atoms with E-state index >= 15 is 0 Å². The number of nitrogens with zero attached hydrogens (tertiary/aromatic N) is 1. The molecule has 4 N–H and O–H groups in total. The van der Waals surface area contributed by atoms with Gasteiger partial charge in [-0.15, -0.1) is 24.8 Å². The van der Waals surface area contributed by atoms with Gasteiger partial charge in [-0.3, -0.25) is 4.79 Å². The number of carbonyl (C=O) groups excluding carboxylic acids is 1. The Labute approximate surface area is 146 Å². The number of hydrogen-bond acceptors (Lipinski definition) is 3. The monoisotopic (exact) mass is 362 g/mol. The van der Waals surface area contributed by atoms with E-state index in [2.05, 4.69) is 15.3 Å². The van der Waals surface area contributed by atoms with Gasteiger partial charge in [-0.05, 0) is 31.0 Å². The van der Waals surface area contributed by atoms with Crippen LogP contribution in [0, 0.1) is 5.82 Å². The molecule has 1 aromatic carbocycles. The maximum absolute atomic E-state index is 13.1. The van der Waals surface area contributed by atoms with Gasteiger partial charge in [0.1, 0.15) is 11.6 Å². The number of H-pyrrole nitrogens is 1. The first-order chi connectivity index (χ1) is 10.1. The summed E-state index contributed by atoms with van der Waals surface area (Å²) in [7, 11) is 0. The minimum Gasteiger partial charge on any atom is -0.354 e. The summed E-state index contributed by atoms with van der Waals surface area (Å²) in [6.45, 7) is 0.472. The van der Waals surface area contributed by atoms with E-state index in [-0.39, 0.29) is 36.5 Å². The van der Waals surface area contributed by atoms with Crippen LogP contribution in [0.1, 0.15) is 31.5 Å². The summed E-state index contributed by atoms with van der Waals surface area (Å²) < 4.78 is 13.1. The van der Waals surface area contributed by atoms with Gasteiger partial charge >= 0.3 is 0 Å². The predicted molar refractivity (Wildman–Crippen MR) is 92.6 cm³/mol. The number of nitrogens with one attached hydrogen (secondary N) is 2. The molecule has 0 saturated heterocycles. The van der Waals surface area contributed by atoms with Gasteiger partial charge in [0, 0.05) is 13.0 Å². The first-order valence-electron chi connectivity index (χ1n) is 7.28. The molecule has 0 bridgehead atoms. The van der Waals surface area contributed by atoms with Crippen molar-refractivity contribution in [2.24, 2.45) is 5.73 Å². The Balaban J connectivity index is 0.00000132. The molecule has 1 saturated carbocycles. The Kier molecular flexibility index (Phi) is 6.80. The summed E-state index contributed by atoms with van der Waals surface area (Å²) in [4.78, 5) is 19.5. The second-order valence-corrected chi connectivity index (χ2v) is 5.71. The second-order valence-electron chi connectivity index (χ2n) is 5.71. The zero-order valence-electron chi connectivity index (χ0n) is 12.6. The van der Waals surface area contributed by atoms with Crippen LogP contribution in [0.15, 0.2) is 18.2 Å². The fraction of sp³-hybridized carbons (Fsp3) is 0.467. The molecule has 8 heteroatoms. The Morgan fingerprint density at radius 1 is 1.35 bits per heavy atom. The van der Waals surface area contributed by atoms with Crippen LogP contribution < -0.4 is 11.1 Å². The summed E-state index contributed by atoms with van der Waals surface area (Å²) in [5.41, 5.74) is 6.78. The van der Waals surface area contributed by atoms with Crippen LogP contribution in [0.3, 0.4) is 0 Å². The minimum absolute atomic E-state index is 0. The van der Waals surface area contributed by atoms with Crippen molar-refractivity contribution in [3.05, 3.63) is 29.8 Å². The quantitative estimate of drug-likeness (QED) is 0.780. The number of rotatable bonds is 4. The van der Waals surface area contributed by atoms with Crippen molar-refractivity contribution in [1.82, 2.24) is 15.3 Å². The van der Waals surface area contributed by atoms with Gasteiger partial charge in [0.2, 0.25) is 5.91 Å². The maximum atomic E-state index is 13.1. The third-order valence-electron chi connectivity index (χ3n) is 4.09. The van der Waals surface area contributed by atoms with Gasteiger partial charge < -0.3 is 16.0 Å². The number of nitrogens with two attached hydrogens (primary N) is 1. The highest BCUT2D eigenvalue weighted by Crippen LogP contribution is 2.27. The molecule has 1 aromatic heterocycles. The minimum atomic E-state index is -0.697. The summed E-state index contributed by atoms with van der Waals surface area (Å²) in [6.07, 6.45) is 4.10. The Morgan fingerprint density at radius 3 is 2.74 bits per heavy atom. The van der Waals surface area contributed by atoms with E-state index in [1.54, 1.807) is 6.07 Å². The molecule has 1 amide bonds. The first kappa shape index (κ1) is 19.7. The van der Waals surface area contributed by atoms with Crippen molar-refractivity contribution in [2.75, 3.05) is 6.54 Å². The fourth-order valence-corrected chi connectivity index (χ4v) is 2.86. The number of amides is 1. The summed E-state index contributed by atoms with van der Waals surface area (Å²) in [6, 6.07) is 4.43. The van der Waals surface area contributed by atoms with Gasteiger partial charge in [0.05, 0.1) is 16.6 Å². The third-order valence-corrected chi connectivity index (χ3v) is 4.09. The van der Waals surface area contributed by atoms with Crippen LogP contribution in [0.4, 0.5) is 4.39 Å². The fourth-order valence-electron chi connectivity index (χ4n) is 2.86. The van der Waals surface area contributed by atoms with Gasteiger partial charge in [0.15, 0.2) is 0 Å². The van der Waals surface area contributed by atoms with Gasteiger partial charge in [-0.2, -0.15) is 0 Å². The lowest BCUT2D eigenvalue weighted by atomic mass is 9.98. The zero-order valence-corrected chi connectivity index (χ0v) is 14.2. The Hall–Kier alpha value is -1.37. The van der Waals surface area contributed by atoms with Crippen LogP contribution >= 0.6 is 24.8 Å². The molecule has 23 heavy (non-hydrogen) atoms. The highest BCUT2D eigenvalue weighted by atomic mass is 35.5. The largest absolute Gasteiger partial charge is 0.354 e. The summed E-state index contributed by atoms with van der Waals surface area (Å²) in [5, 5.41) is 2.87. The van der Waals surface area contributed by atoms with E-state index in [1.807, 2.05) is 0 Å². The SMILES string of the molecule is Cl.Cl.NC1(C(=O)NCCc2nc3ccc(F)cc3[nH]2)CCCC1. The van der Waals surface area contributed by atoms with E-state index in [4.69, 9.17) is 5.73 Å². The van der Waals surface area contributed by atoms with Crippen molar-refractivity contribution in [3.63, 3.8) is 0 Å². The molecule has 0 atom stereocenters. The molecule has 3 rings (SSSR count). The van der Waals surface area contributed by atoms with Crippen molar-refractivity contribution in [1.29, 1.82) is 0 Å². The number of imidazole rings is 1. The van der Waals surface area contributed by atoms with Crippen LogP contribution in [0.5, 0.6) is 0 Å². The van der Waals surface area contributed by atoms with Gasteiger partial charge in [0.25, 0.3) is 0 Å². The molecule has 1 aliphatic rings. The van der Waals surface area contributed by atoms with Crippen molar-refractivity contribution in [3.8, 4) is 0 Å². The van der Waals surface area contributed by atoms with Crippen LogP contribution in [0.2, 0.25) is 0 Å². The zero-order chi connectivity index (χ0) is 14.9. The van der Waals surface area contributed by atoms with Gasteiger partial charge in [-0.25, -0.2) is 9.37 Å². The van der Waals surface area contributed by atoms with E-state index in [0.29, 0.717) is 18.5 Å². The number of aromatic nitrogens is 2. The van der Waals surface area contributed by atoms with Crippen molar-refractivity contribution < 1.29 is 9.18 Å². The van der Waals surface area contributed by atoms with Crippen molar-refractivity contribution >= 4 is 41.8 Å². The first-order valence-corrected chi connectivity index (χ1v) is 7.28. The number of fused-ring (bicyclic) bond motifs is 1. The average molecular weight is 363 g/mol. The number of carbonyl (C=O) groups is 1. The Morgan fingerprint density at radius 2 is 2.04 bits per heavy atom. The lowest BCUT2D eigenvalue weighted by Gasteiger charge is -2.21. The topological polar surface area (TPSA) is 83.8 Å². The molecule has 128 valence electrons. The molecular weight excluding hydrogens is 342 g/mol. The lowest BCUT2D eigenvalue weighted by Crippen LogP contribution is -2.52. The highest BCUT2D eigenvalue weighted by molar-refractivity contribution is 5.86. The van der Waals surface area contributed by atoms with E-state index in [0.717, 1.165) is 37.0 Å². The number of benzene rings is 1. The summed E-state index contributed by atoms with van der Waals surface area (Å²) in [5.74, 6) is 0.354. The normalized spacial score (nSPS) is 15.7. The molecule has 2 aromatic rings.